The largest absolute Gasteiger partial charge is 0.497 e. The summed E-state index contributed by atoms with van der Waals surface area (Å²) in [6.45, 7) is 5.89. The van der Waals surface area contributed by atoms with E-state index in [0.717, 1.165) is 50.2 Å². The van der Waals surface area contributed by atoms with Crippen LogP contribution in [0.25, 0.3) is 0 Å². The fraction of sp³-hybridized carbons (Fsp3) is 0.611. The van der Waals surface area contributed by atoms with Gasteiger partial charge in [-0.3, -0.25) is 4.79 Å². The monoisotopic (exact) mass is 304 g/mol. The first-order valence-corrected chi connectivity index (χ1v) is 8.33. The fourth-order valence-electron chi connectivity index (χ4n) is 3.06. The first-order chi connectivity index (χ1) is 10.6. The molecule has 22 heavy (non-hydrogen) atoms. The Bertz CT molecular complexity index is 482. The third kappa shape index (κ3) is 4.39. The molecule has 4 nitrogen and oxygen atoms in total. The number of likely N-dealkylation sites (tertiary alicyclic amines) is 1. The number of ether oxygens (including phenoxy) is 1. The number of nitrogens with one attached hydrogen (secondary N) is 1. The maximum Gasteiger partial charge on any atom is 0.225 e. The van der Waals surface area contributed by atoms with Crippen LogP contribution >= 0.6 is 0 Å². The molecule has 122 valence electrons. The van der Waals surface area contributed by atoms with Gasteiger partial charge < -0.3 is 15.0 Å². The summed E-state index contributed by atoms with van der Waals surface area (Å²) in [4.78, 5) is 14.4. The van der Waals surface area contributed by atoms with E-state index in [0.29, 0.717) is 11.9 Å². The van der Waals surface area contributed by atoms with Gasteiger partial charge in [0.25, 0.3) is 0 Å². The predicted molar refractivity (Wildman–Crippen MR) is 90.3 cm³/mol. The smallest absolute Gasteiger partial charge is 0.225 e. The van der Waals surface area contributed by atoms with E-state index in [1.165, 1.54) is 0 Å². The molecule has 1 aromatic carbocycles. The minimum absolute atomic E-state index is 0.160. The molecule has 0 aliphatic carbocycles. The van der Waals surface area contributed by atoms with Gasteiger partial charge in [0.15, 0.2) is 0 Å². The van der Waals surface area contributed by atoms with E-state index in [1.807, 2.05) is 30.0 Å². The van der Waals surface area contributed by atoms with Gasteiger partial charge in [0.05, 0.1) is 7.11 Å². The highest BCUT2D eigenvalue weighted by molar-refractivity contribution is 5.78. The average Bonchev–Trinajstić information content (AvgIpc) is 2.55. The van der Waals surface area contributed by atoms with Gasteiger partial charge in [-0.2, -0.15) is 0 Å². The summed E-state index contributed by atoms with van der Waals surface area (Å²) in [5.74, 6) is 1.35. The van der Waals surface area contributed by atoms with E-state index in [4.69, 9.17) is 4.74 Å². The number of rotatable bonds is 6. The first kappa shape index (κ1) is 16.7. The second-order valence-electron chi connectivity index (χ2n) is 6.17. The number of benzene rings is 1. The van der Waals surface area contributed by atoms with Crippen LogP contribution in [0.4, 0.5) is 5.69 Å². The van der Waals surface area contributed by atoms with Crippen molar-refractivity contribution in [3.05, 3.63) is 24.3 Å². The van der Waals surface area contributed by atoms with Gasteiger partial charge in [0.1, 0.15) is 5.75 Å². The third-order valence-electron chi connectivity index (χ3n) is 4.39. The molecular formula is C18H28N2O2. The number of amides is 1. The number of piperidine rings is 1. The second kappa shape index (κ2) is 8.06. The van der Waals surface area contributed by atoms with Crippen molar-refractivity contribution >= 4 is 11.6 Å². The second-order valence-corrected chi connectivity index (χ2v) is 6.17. The quantitative estimate of drug-likeness (QED) is 0.874. The van der Waals surface area contributed by atoms with E-state index in [1.54, 1.807) is 7.11 Å². The van der Waals surface area contributed by atoms with Crippen LogP contribution in [-0.2, 0) is 4.79 Å². The molecule has 0 bridgehead atoms. The van der Waals surface area contributed by atoms with E-state index in [9.17, 15) is 4.79 Å². The van der Waals surface area contributed by atoms with Crippen molar-refractivity contribution in [2.75, 3.05) is 25.5 Å². The normalized spacial score (nSPS) is 17.1. The Labute approximate surface area is 133 Å². The van der Waals surface area contributed by atoms with E-state index in [-0.39, 0.29) is 5.92 Å². The van der Waals surface area contributed by atoms with E-state index < -0.39 is 0 Å². The third-order valence-corrected chi connectivity index (χ3v) is 4.39. The summed E-state index contributed by atoms with van der Waals surface area (Å²) in [5, 5.41) is 3.55. The highest BCUT2D eigenvalue weighted by atomic mass is 16.5. The van der Waals surface area contributed by atoms with E-state index >= 15 is 0 Å². The molecule has 1 aromatic rings. The Morgan fingerprint density at radius 3 is 2.77 bits per heavy atom. The highest BCUT2D eigenvalue weighted by Gasteiger charge is 2.25. The molecule has 0 spiro atoms. The Hall–Kier alpha value is -1.71. The summed E-state index contributed by atoms with van der Waals surface area (Å²) in [6.07, 6.45) is 4.06. The minimum atomic E-state index is 0.160. The zero-order chi connectivity index (χ0) is 15.9. The number of hydrogen-bond acceptors (Lipinski definition) is 3. The molecule has 2 rings (SSSR count). The first-order valence-electron chi connectivity index (χ1n) is 8.33. The lowest BCUT2D eigenvalue weighted by molar-refractivity contribution is -0.136. The van der Waals surface area contributed by atoms with Gasteiger partial charge in [-0.25, -0.2) is 0 Å². The number of methoxy groups -OCH3 is 1. The molecule has 1 atom stereocenters. The topological polar surface area (TPSA) is 41.6 Å². The van der Waals surface area contributed by atoms with Crippen LogP contribution in [-0.4, -0.2) is 37.0 Å². The van der Waals surface area contributed by atoms with Crippen molar-refractivity contribution in [2.24, 2.45) is 5.92 Å². The Morgan fingerprint density at radius 2 is 2.14 bits per heavy atom. The molecule has 4 heteroatoms. The molecule has 1 heterocycles. The van der Waals surface area contributed by atoms with Crippen LogP contribution in [0.15, 0.2) is 24.3 Å². The van der Waals surface area contributed by atoms with Gasteiger partial charge in [0.2, 0.25) is 5.91 Å². The van der Waals surface area contributed by atoms with Crippen LogP contribution in [0, 0.1) is 5.92 Å². The van der Waals surface area contributed by atoms with Gasteiger partial charge in [-0.15, -0.1) is 0 Å². The van der Waals surface area contributed by atoms with Crippen LogP contribution < -0.4 is 10.1 Å². The molecule has 1 fully saturated rings. The Balaban J connectivity index is 1.83. The SMILES string of the molecule is CCC[C@@H](C)C(=O)N1CCC(Nc2cccc(OC)c2)CC1. The Morgan fingerprint density at radius 1 is 1.41 bits per heavy atom. The van der Waals surface area contributed by atoms with Crippen LogP contribution in [0.3, 0.4) is 0 Å². The van der Waals surface area contributed by atoms with Crippen molar-refractivity contribution in [1.29, 1.82) is 0 Å². The summed E-state index contributed by atoms with van der Waals surface area (Å²) in [7, 11) is 1.68. The number of anilines is 1. The zero-order valence-electron chi connectivity index (χ0n) is 14.0. The number of carbonyl (C=O) groups is 1. The molecular weight excluding hydrogens is 276 g/mol. The summed E-state index contributed by atoms with van der Waals surface area (Å²) >= 11 is 0. The van der Waals surface area contributed by atoms with Crippen molar-refractivity contribution < 1.29 is 9.53 Å². The number of carbonyl (C=O) groups excluding carboxylic acids is 1. The molecule has 0 unspecified atom stereocenters. The number of hydrogen-bond donors (Lipinski definition) is 1. The summed E-state index contributed by atoms with van der Waals surface area (Å²) < 4.78 is 5.25. The van der Waals surface area contributed by atoms with Gasteiger partial charge in [-0.05, 0) is 31.4 Å². The molecule has 1 N–H and O–H groups in total. The number of nitrogens with zero attached hydrogens (tertiary/aromatic N) is 1. The molecule has 1 aliphatic heterocycles. The van der Waals surface area contributed by atoms with Crippen molar-refractivity contribution in [3.8, 4) is 5.75 Å². The average molecular weight is 304 g/mol. The summed E-state index contributed by atoms with van der Waals surface area (Å²) in [6, 6.07) is 8.44. The highest BCUT2D eigenvalue weighted by Crippen LogP contribution is 2.22. The predicted octanol–water partition coefficient (Wildman–Crippen LogP) is 3.53. The van der Waals surface area contributed by atoms with Gasteiger partial charge >= 0.3 is 0 Å². The van der Waals surface area contributed by atoms with Crippen molar-refractivity contribution in [3.63, 3.8) is 0 Å². The molecule has 0 radical (unpaired) electrons. The lowest BCUT2D eigenvalue weighted by Gasteiger charge is -2.34. The summed E-state index contributed by atoms with van der Waals surface area (Å²) in [5.41, 5.74) is 1.09. The van der Waals surface area contributed by atoms with Gasteiger partial charge in [-0.1, -0.05) is 26.3 Å². The van der Waals surface area contributed by atoms with Crippen LogP contribution in [0.1, 0.15) is 39.5 Å². The minimum Gasteiger partial charge on any atom is -0.497 e. The molecule has 1 amide bonds. The molecule has 0 saturated carbocycles. The van der Waals surface area contributed by atoms with Crippen molar-refractivity contribution in [2.45, 2.75) is 45.6 Å². The maximum absolute atomic E-state index is 12.3. The van der Waals surface area contributed by atoms with Gasteiger partial charge in [0, 0.05) is 36.8 Å². The molecule has 1 saturated heterocycles. The fourth-order valence-corrected chi connectivity index (χ4v) is 3.06. The van der Waals surface area contributed by atoms with Crippen LogP contribution in [0.5, 0.6) is 5.75 Å². The zero-order valence-corrected chi connectivity index (χ0v) is 14.0. The van der Waals surface area contributed by atoms with Crippen molar-refractivity contribution in [1.82, 2.24) is 4.90 Å². The lowest BCUT2D eigenvalue weighted by Crippen LogP contribution is -2.44. The molecule has 0 aromatic heterocycles. The maximum atomic E-state index is 12.3. The molecule has 1 aliphatic rings. The Kier molecular flexibility index (Phi) is 6.10. The standard InChI is InChI=1S/C18H28N2O2/c1-4-6-14(2)18(21)20-11-9-15(10-12-20)19-16-7-5-8-17(13-16)22-3/h5,7-8,13-15,19H,4,6,9-12H2,1-3H3/t14-/m1/s1. The lowest BCUT2D eigenvalue weighted by atomic mass is 10.00. The van der Waals surface area contributed by atoms with Crippen LogP contribution in [0.2, 0.25) is 0 Å². The van der Waals surface area contributed by atoms with E-state index in [2.05, 4.69) is 18.3 Å².